The minimum atomic E-state index is -0.437. The molecule has 0 saturated carbocycles. The van der Waals surface area contributed by atoms with E-state index in [9.17, 15) is 9.90 Å². The van der Waals surface area contributed by atoms with E-state index >= 15 is 0 Å². The summed E-state index contributed by atoms with van der Waals surface area (Å²) in [5.74, 6) is 0.0267. The lowest BCUT2D eigenvalue weighted by atomic mass is 10.1. The Morgan fingerprint density at radius 3 is 2.50 bits per heavy atom. The Morgan fingerprint density at radius 1 is 1.25 bits per heavy atom. The maximum atomic E-state index is 11.9. The van der Waals surface area contributed by atoms with Crippen LogP contribution in [0, 0.1) is 6.92 Å². The normalized spacial score (nSPS) is 11.9. The summed E-state index contributed by atoms with van der Waals surface area (Å²) >= 11 is 1.56. The second-order valence-corrected chi connectivity index (χ2v) is 5.65. The van der Waals surface area contributed by atoms with Gasteiger partial charge in [-0.15, -0.1) is 11.3 Å². The van der Waals surface area contributed by atoms with Gasteiger partial charge in [0.2, 0.25) is 0 Å². The molecule has 5 heteroatoms. The topological polar surface area (TPSA) is 55.8 Å². The number of hydrogen-bond donors (Lipinski definition) is 1. The molecule has 0 aliphatic heterocycles. The molecule has 106 valence electrons. The van der Waals surface area contributed by atoms with Crippen molar-refractivity contribution in [2.75, 3.05) is 13.7 Å². The maximum Gasteiger partial charge on any atom is 0.317 e. The molecule has 2 rings (SSSR count). The van der Waals surface area contributed by atoms with Crippen molar-refractivity contribution in [1.29, 1.82) is 0 Å². The molecule has 1 aromatic heterocycles. The number of phenolic OH excluding ortho intramolecular Hbond substituents is 1. The van der Waals surface area contributed by atoms with Crippen molar-refractivity contribution in [2.24, 2.45) is 0 Å². The average Bonchev–Trinajstić information content (AvgIpc) is 2.87. The van der Waals surface area contributed by atoms with Gasteiger partial charge in [0.1, 0.15) is 24.0 Å². The molecule has 0 aliphatic carbocycles. The highest BCUT2D eigenvalue weighted by Crippen LogP contribution is 2.27. The van der Waals surface area contributed by atoms with E-state index < -0.39 is 5.92 Å². The van der Waals surface area contributed by atoms with E-state index in [2.05, 4.69) is 0 Å². The fraction of sp³-hybridized carbons (Fsp3) is 0.267. The molecule has 1 heterocycles. The van der Waals surface area contributed by atoms with Crippen molar-refractivity contribution in [3.8, 4) is 11.5 Å². The number of thiophene rings is 1. The van der Waals surface area contributed by atoms with Gasteiger partial charge in [0.15, 0.2) is 0 Å². The van der Waals surface area contributed by atoms with Crippen molar-refractivity contribution in [3.63, 3.8) is 0 Å². The molecule has 0 fully saturated rings. The van der Waals surface area contributed by atoms with Gasteiger partial charge in [0, 0.05) is 9.75 Å². The Bertz CT molecular complexity index is 574. The van der Waals surface area contributed by atoms with Crippen molar-refractivity contribution < 1.29 is 19.4 Å². The summed E-state index contributed by atoms with van der Waals surface area (Å²) in [6, 6.07) is 10.3. The molecule has 1 atom stereocenters. The van der Waals surface area contributed by atoms with Crippen molar-refractivity contribution in [1.82, 2.24) is 0 Å². The van der Waals surface area contributed by atoms with Crippen LogP contribution in [0.1, 0.15) is 15.7 Å². The molecule has 4 nitrogen and oxygen atoms in total. The Morgan fingerprint density at radius 2 is 1.95 bits per heavy atom. The third-order valence-electron chi connectivity index (χ3n) is 2.84. The summed E-state index contributed by atoms with van der Waals surface area (Å²) in [5.41, 5.74) is 0. The lowest BCUT2D eigenvalue weighted by Crippen LogP contribution is -2.20. The van der Waals surface area contributed by atoms with Gasteiger partial charge in [0.05, 0.1) is 7.11 Å². The number of methoxy groups -OCH3 is 1. The van der Waals surface area contributed by atoms with Crippen molar-refractivity contribution in [2.45, 2.75) is 12.8 Å². The summed E-state index contributed by atoms with van der Waals surface area (Å²) in [5, 5.41) is 9.21. The first-order valence-corrected chi connectivity index (χ1v) is 6.98. The number of rotatable bonds is 5. The Hall–Kier alpha value is -2.01. The van der Waals surface area contributed by atoms with E-state index in [4.69, 9.17) is 9.47 Å². The summed E-state index contributed by atoms with van der Waals surface area (Å²) in [6.07, 6.45) is 0. The summed E-state index contributed by atoms with van der Waals surface area (Å²) in [7, 11) is 1.37. The van der Waals surface area contributed by atoms with Crippen LogP contribution in [0.25, 0.3) is 0 Å². The van der Waals surface area contributed by atoms with Crippen molar-refractivity contribution >= 4 is 17.3 Å². The van der Waals surface area contributed by atoms with E-state index in [1.807, 2.05) is 19.1 Å². The summed E-state index contributed by atoms with van der Waals surface area (Å²) in [6.45, 7) is 2.20. The Kier molecular flexibility index (Phi) is 4.63. The van der Waals surface area contributed by atoms with Crippen LogP contribution in [0.15, 0.2) is 36.4 Å². The summed E-state index contributed by atoms with van der Waals surface area (Å²) < 4.78 is 10.4. The van der Waals surface area contributed by atoms with Crippen LogP contribution in [0.2, 0.25) is 0 Å². The average molecular weight is 292 g/mol. The van der Waals surface area contributed by atoms with Crippen LogP contribution < -0.4 is 4.74 Å². The number of carbonyl (C=O) groups excluding carboxylic acids is 1. The molecule has 1 N–H and O–H groups in total. The Balaban J connectivity index is 2.08. The minimum Gasteiger partial charge on any atom is -0.508 e. The minimum absolute atomic E-state index is 0.177. The van der Waals surface area contributed by atoms with Crippen LogP contribution >= 0.6 is 11.3 Å². The quantitative estimate of drug-likeness (QED) is 0.860. The van der Waals surface area contributed by atoms with Crippen LogP contribution in [0.5, 0.6) is 11.5 Å². The van der Waals surface area contributed by atoms with Gasteiger partial charge in [-0.2, -0.15) is 0 Å². The molecule has 0 spiro atoms. The molecule has 1 aromatic carbocycles. The fourth-order valence-corrected chi connectivity index (χ4v) is 2.72. The van der Waals surface area contributed by atoms with Gasteiger partial charge < -0.3 is 14.6 Å². The molecule has 0 saturated heterocycles. The third kappa shape index (κ3) is 3.51. The number of phenols is 1. The molecule has 0 radical (unpaired) electrons. The van der Waals surface area contributed by atoms with Gasteiger partial charge >= 0.3 is 5.97 Å². The highest BCUT2D eigenvalue weighted by Gasteiger charge is 2.24. The predicted octanol–water partition coefficient (Wildman–Crippen LogP) is 3.10. The number of aryl methyl sites for hydroxylation is 1. The Labute approximate surface area is 121 Å². The zero-order valence-corrected chi connectivity index (χ0v) is 12.1. The first-order chi connectivity index (χ1) is 9.60. The number of hydrogen-bond acceptors (Lipinski definition) is 5. The number of carbonyl (C=O) groups is 1. The van der Waals surface area contributed by atoms with Gasteiger partial charge in [-0.1, -0.05) is 0 Å². The molecule has 0 amide bonds. The van der Waals surface area contributed by atoms with Crippen LogP contribution in [0.3, 0.4) is 0 Å². The van der Waals surface area contributed by atoms with Crippen molar-refractivity contribution in [3.05, 3.63) is 46.2 Å². The first kappa shape index (κ1) is 14.4. The number of esters is 1. The predicted molar refractivity (Wildman–Crippen MR) is 77.4 cm³/mol. The highest BCUT2D eigenvalue weighted by molar-refractivity contribution is 7.12. The third-order valence-corrected chi connectivity index (χ3v) is 3.96. The number of ether oxygens (including phenoxy) is 2. The molecule has 0 bridgehead atoms. The lowest BCUT2D eigenvalue weighted by Gasteiger charge is -2.14. The maximum absolute atomic E-state index is 11.9. The molecule has 2 aromatic rings. The smallest absolute Gasteiger partial charge is 0.317 e. The largest absolute Gasteiger partial charge is 0.508 e. The zero-order chi connectivity index (χ0) is 14.5. The molecule has 1 unspecified atom stereocenters. The van der Waals surface area contributed by atoms with E-state index in [0.717, 1.165) is 9.75 Å². The van der Waals surface area contributed by atoms with E-state index in [1.165, 1.54) is 19.2 Å². The molecule has 20 heavy (non-hydrogen) atoms. The van der Waals surface area contributed by atoms with Crippen LogP contribution in [0.4, 0.5) is 0 Å². The van der Waals surface area contributed by atoms with Crippen LogP contribution in [-0.4, -0.2) is 24.8 Å². The fourth-order valence-electron chi connectivity index (χ4n) is 1.77. The highest BCUT2D eigenvalue weighted by atomic mass is 32.1. The second-order valence-electron chi connectivity index (χ2n) is 4.33. The van der Waals surface area contributed by atoms with Gasteiger partial charge in [-0.25, -0.2) is 0 Å². The molecular formula is C15H16O4S. The van der Waals surface area contributed by atoms with Gasteiger partial charge in [-0.05, 0) is 43.3 Å². The number of aromatic hydroxyl groups is 1. The van der Waals surface area contributed by atoms with Gasteiger partial charge in [0.25, 0.3) is 0 Å². The standard InChI is InChI=1S/C15H16O4S/c1-10-3-8-14(20-10)13(15(17)18-2)9-19-12-6-4-11(16)5-7-12/h3-8,13,16H,9H2,1-2H3. The van der Waals surface area contributed by atoms with E-state index in [-0.39, 0.29) is 18.3 Å². The monoisotopic (exact) mass is 292 g/mol. The summed E-state index contributed by atoms with van der Waals surface area (Å²) in [4.78, 5) is 13.9. The molecule has 0 aliphatic rings. The van der Waals surface area contributed by atoms with Crippen LogP contribution in [-0.2, 0) is 9.53 Å². The first-order valence-electron chi connectivity index (χ1n) is 6.16. The van der Waals surface area contributed by atoms with E-state index in [1.54, 1.807) is 23.5 Å². The van der Waals surface area contributed by atoms with E-state index in [0.29, 0.717) is 5.75 Å². The molecular weight excluding hydrogens is 276 g/mol. The lowest BCUT2D eigenvalue weighted by molar-refractivity contribution is -0.143. The SMILES string of the molecule is COC(=O)C(COc1ccc(O)cc1)c1ccc(C)s1. The van der Waals surface area contributed by atoms with Gasteiger partial charge in [-0.3, -0.25) is 4.79 Å². The number of benzene rings is 1. The zero-order valence-electron chi connectivity index (χ0n) is 11.3. The second kappa shape index (κ2) is 6.43.